The average Bonchev–Trinajstić information content (AvgIpc) is 3.59. The zero-order valence-electron chi connectivity index (χ0n) is 26.9. The number of alkyl halides is 2. The van der Waals surface area contributed by atoms with Crippen LogP contribution in [0.2, 0.25) is 0 Å². The summed E-state index contributed by atoms with van der Waals surface area (Å²) in [6.07, 6.45) is 7.46. The Bertz CT molecular complexity index is 1430. The van der Waals surface area contributed by atoms with Gasteiger partial charge in [0.1, 0.15) is 11.4 Å². The van der Waals surface area contributed by atoms with E-state index in [1.54, 1.807) is 39.9 Å². The molecule has 1 saturated carbocycles. The third-order valence-electron chi connectivity index (χ3n) is 9.14. The molecule has 46 heavy (non-hydrogen) atoms. The van der Waals surface area contributed by atoms with E-state index in [0.29, 0.717) is 49.5 Å². The predicted molar refractivity (Wildman–Crippen MR) is 169 cm³/mol. The molecular formula is C32H43F2N7O5. The van der Waals surface area contributed by atoms with Crippen molar-refractivity contribution < 1.29 is 32.6 Å². The number of carbonyl (C=O) groups excluding carboxylic acids is 3. The molecule has 2 fully saturated rings. The molecule has 2 aliphatic heterocycles. The molecule has 1 aromatic carbocycles. The van der Waals surface area contributed by atoms with Crippen LogP contribution in [0.15, 0.2) is 24.4 Å². The Kier molecular flexibility index (Phi) is 10.1. The number of fused-ring (bicyclic) bond motifs is 1. The molecule has 3 amide bonds. The smallest absolute Gasteiger partial charge is 0.409 e. The lowest BCUT2D eigenvalue weighted by molar-refractivity contribution is -0.140. The molecule has 0 spiro atoms. The van der Waals surface area contributed by atoms with Crippen LogP contribution < -0.4 is 19.9 Å². The number of carbonyl (C=O) groups is 3. The zero-order valence-corrected chi connectivity index (χ0v) is 26.9. The van der Waals surface area contributed by atoms with Crippen LogP contribution in [0.25, 0.3) is 0 Å². The lowest BCUT2D eigenvalue weighted by Gasteiger charge is -2.36. The zero-order chi connectivity index (χ0) is 33.0. The summed E-state index contributed by atoms with van der Waals surface area (Å²) in [5.74, 6) is -4.26. The highest BCUT2D eigenvalue weighted by molar-refractivity contribution is 6.02. The number of ether oxygens (including phenoxy) is 2. The van der Waals surface area contributed by atoms with E-state index in [0.717, 1.165) is 43.4 Å². The van der Waals surface area contributed by atoms with Gasteiger partial charge in [-0.05, 0) is 50.3 Å². The Morgan fingerprint density at radius 1 is 1.15 bits per heavy atom. The lowest BCUT2D eigenvalue weighted by Crippen LogP contribution is -2.48. The molecule has 1 aliphatic carbocycles. The second kappa shape index (κ2) is 14.0. The third kappa shape index (κ3) is 6.95. The van der Waals surface area contributed by atoms with Crippen molar-refractivity contribution in [2.24, 2.45) is 0 Å². The van der Waals surface area contributed by atoms with Crippen molar-refractivity contribution in [1.82, 2.24) is 19.8 Å². The summed E-state index contributed by atoms with van der Waals surface area (Å²) in [5, 5.41) is 3.11. The number of likely N-dealkylation sites (tertiary alicyclic amines) is 1. The van der Waals surface area contributed by atoms with Gasteiger partial charge in [0.2, 0.25) is 5.95 Å². The number of anilines is 4. The Morgan fingerprint density at radius 3 is 2.54 bits per heavy atom. The van der Waals surface area contributed by atoms with E-state index in [-0.39, 0.29) is 41.5 Å². The fourth-order valence-corrected chi connectivity index (χ4v) is 6.35. The first-order valence-corrected chi connectivity index (χ1v) is 16.0. The maximum Gasteiger partial charge on any atom is 0.409 e. The Balaban J connectivity index is 1.29. The van der Waals surface area contributed by atoms with E-state index in [2.05, 4.69) is 15.3 Å². The number of hydrogen-bond donors (Lipinski definition) is 1. The first-order valence-electron chi connectivity index (χ1n) is 16.0. The van der Waals surface area contributed by atoms with Crippen molar-refractivity contribution in [1.29, 1.82) is 0 Å². The maximum absolute atomic E-state index is 14.9. The molecule has 0 bridgehead atoms. The van der Waals surface area contributed by atoms with Crippen LogP contribution in [0, 0.1) is 0 Å². The van der Waals surface area contributed by atoms with Crippen LogP contribution in [0.4, 0.5) is 36.7 Å². The van der Waals surface area contributed by atoms with E-state index in [4.69, 9.17) is 9.47 Å². The summed E-state index contributed by atoms with van der Waals surface area (Å²) < 4.78 is 40.8. The van der Waals surface area contributed by atoms with Crippen molar-refractivity contribution in [3.63, 3.8) is 0 Å². The molecule has 1 aromatic heterocycles. The van der Waals surface area contributed by atoms with Crippen LogP contribution >= 0.6 is 0 Å². The van der Waals surface area contributed by atoms with Gasteiger partial charge in [-0.3, -0.25) is 9.59 Å². The van der Waals surface area contributed by atoms with Gasteiger partial charge < -0.3 is 34.4 Å². The van der Waals surface area contributed by atoms with Crippen LogP contribution in [0.1, 0.15) is 68.6 Å². The van der Waals surface area contributed by atoms with Gasteiger partial charge in [0, 0.05) is 44.8 Å². The molecule has 0 radical (unpaired) electrons. The summed E-state index contributed by atoms with van der Waals surface area (Å²) in [6.45, 7) is 2.73. The van der Waals surface area contributed by atoms with Crippen LogP contribution in [0.3, 0.4) is 0 Å². The molecule has 2 aromatic rings. The first-order chi connectivity index (χ1) is 22.0. The van der Waals surface area contributed by atoms with Gasteiger partial charge in [-0.1, -0.05) is 26.2 Å². The summed E-state index contributed by atoms with van der Waals surface area (Å²) in [6, 6.07) is 4.79. The number of aromatic nitrogens is 2. The van der Waals surface area contributed by atoms with Crippen molar-refractivity contribution >= 4 is 41.0 Å². The molecule has 250 valence electrons. The van der Waals surface area contributed by atoms with Crippen LogP contribution in [-0.2, 0) is 9.53 Å². The number of methoxy groups -OCH3 is 1. The summed E-state index contributed by atoms with van der Waals surface area (Å²) in [7, 11) is 4.55. The molecule has 3 aliphatic rings. The topological polar surface area (TPSA) is 120 Å². The molecule has 14 heteroatoms. The number of halogens is 2. The molecule has 0 unspecified atom stereocenters. The molecule has 0 atom stereocenters. The minimum atomic E-state index is -3.57. The monoisotopic (exact) mass is 643 g/mol. The molecule has 1 saturated heterocycles. The van der Waals surface area contributed by atoms with E-state index in [9.17, 15) is 23.2 Å². The third-order valence-corrected chi connectivity index (χ3v) is 9.14. The van der Waals surface area contributed by atoms with Gasteiger partial charge in [-0.15, -0.1) is 0 Å². The molecule has 12 nitrogen and oxygen atoms in total. The number of nitrogens with zero attached hydrogens (tertiary/aromatic N) is 6. The van der Waals surface area contributed by atoms with Crippen molar-refractivity contribution in [3.05, 3.63) is 30.0 Å². The van der Waals surface area contributed by atoms with Crippen LogP contribution in [-0.4, -0.2) is 103 Å². The highest BCUT2D eigenvalue weighted by Crippen LogP contribution is 2.40. The number of rotatable bonds is 9. The number of benzene rings is 1. The average molecular weight is 644 g/mol. The van der Waals surface area contributed by atoms with E-state index in [1.165, 1.54) is 20.4 Å². The summed E-state index contributed by atoms with van der Waals surface area (Å²) in [5.41, 5.74) is 1.12. The fourth-order valence-electron chi connectivity index (χ4n) is 6.35. The molecule has 5 rings (SSSR count). The maximum atomic E-state index is 14.9. The SMILES string of the molecule is CCCCOC(=O)N1CCC(N(C)C(=O)c2ccc(Nc3ncc4c(n3)N(C3CCCC3)CC(F)(F)C(=O)N4C)c(OC)c2)CC1. The largest absolute Gasteiger partial charge is 0.495 e. The number of unbranched alkanes of at least 4 members (excludes halogenated alkanes) is 1. The van der Waals surface area contributed by atoms with Gasteiger partial charge in [0.25, 0.3) is 11.8 Å². The predicted octanol–water partition coefficient (Wildman–Crippen LogP) is 5.06. The molecular weight excluding hydrogens is 600 g/mol. The number of hydrogen-bond acceptors (Lipinski definition) is 9. The van der Waals surface area contributed by atoms with Gasteiger partial charge in [-0.2, -0.15) is 13.8 Å². The number of nitrogens with one attached hydrogen (secondary N) is 1. The van der Waals surface area contributed by atoms with Crippen molar-refractivity contribution in [2.45, 2.75) is 76.3 Å². The molecule has 3 heterocycles. The Morgan fingerprint density at radius 2 is 1.87 bits per heavy atom. The normalized spacial score (nSPS) is 18.7. The lowest BCUT2D eigenvalue weighted by atomic mass is 10.0. The summed E-state index contributed by atoms with van der Waals surface area (Å²) in [4.78, 5) is 53.1. The highest BCUT2D eigenvalue weighted by Gasteiger charge is 2.48. The minimum Gasteiger partial charge on any atom is -0.495 e. The van der Waals surface area contributed by atoms with E-state index >= 15 is 0 Å². The van der Waals surface area contributed by atoms with E-state index in [1.807, 2.05) is 6.92 Å². The number of piperidine rings is 1. The molecule has 1 N–H and O–H groups in total. The van der Waals surface area contributed by atoms with Gasteiger partial charge in [-0.25, -0.2) is 9.78 Å². The summed E-state index contributed by atoms with van der Waals surface area (Å²) >= 11 is 0. The van der Waals surface area contributed by atoms with E-state index < -0.39 is 18.4 Å². The van der Waals surface area contributed by atoms with Gasteiger partial charge in [0.15, 0.2) is 5.82 Å². The minimum absolute atomic E-state index is 0.0378. The second-order valence-corrected chi connectivity index (χ2v) is 12.2. The highest BCUT2D eigenvalue weighted by atomic mass is 19.3. The van der Waals surface area contributed by atoms with Crippen LogP contribution in [0.5, 0.6) is 5.75 Å². The Labute approximate surface area is 268 Å². The van der Waals surface area contributed by atoms with Crippen molar-refractivity contribution in [2.75, 3.05) is 62.6 Å². The quantitative estimate of drug-likeness (QED) is 0.374. The number of amides is 3. The van der Waals surface area contributed by atoms with Crippen molar-refractivity contribution in [3.8, 4) is 5.75 Å². The van der Waals surface area contributed by atoms with Gasteiger partial charge in [0.05, 0.1) is 32.1 Å². The Hall–Kier alpha value is -4.23. The standard InChI is InChI=1S/C32H43F2N7O5/c1-5-6-17-46-31(44)40-15-13-22(14-16-40)38(2)28(42)21-11-12-24(26(18-21)45-4)36-30-35-19-25-27(37-30)41(23-9-7-8-10-23)20-32(33,34)29(43)39(25)3/h11-12,18-19,22-23H,5-10,13-17,20H2,1-4H3,(H,35,36,37). The first kappa shape index (κ1) is 33.1. The van der Waals surface area contributed by atoms with Gasteiger partial charge >= 0.3 is 12.0 Å². The fraction of sp³-hybridized carbons (Fsp3) is 0.594. The second-order valence-electron chi connectivity index (χ2n) is 12.2.